The van der Waals surface area contributed by atoms with Crippen molar-refractivity contribution in [2.45, 2.75) is 11.4 Å². The minimum Gasteiger partial charge on any atom is -0.465 e. The van der Waals surface area contributed by atoms with E-state index in [4.69, 9.17) is 5.11 Å². The zero-order valence-electron chi connectivity index (χ0n) is 21.4. The molecule has 0 fully saturated rings. The van der Waals surface area contributed by atoms with Crippen molar-refractivity contribution in [3.8, 4) is 11.1 Å². The number of carbonyl (C=O) groups excluding carboxylic acids is 1. The molecule has 1 heterocycles. The van der Waals surface area contributed by atoms with Crippen LogP contribution in [0.15, 0.2) is 102 Å². The van der Waals surface area contributed by atoms with Gasteiger partial charge >= 0.3 is 6.09 Å². The van der Waals surface area contributed by atoms with Crippen LogP contribution in [-0.2, 0) is 21.4 Å². The van der Waals surface area contributed by atoms with Gasteiger partial charge in [-0.25, -0.2) is 17.2 Å². The Hall–Kier alpha value is -4.67. The summed E-state index contributed by atoms with van der Waals surface area (Å²) in [5, 5.41) is 13.8. The van der Waals surface area contributed by atoms with Gasteiger partial charge in [-0.05, 0) is 78.8 Å². The van der Waals surface area contributed by atoms with E-state index in [1.54, 1.807) is 42.5 Å². The molecule has 0 aliphatic heterocycles. The third-order valence-electron chi connectivity index (χ3n) is 5.71. The molecule has 200 valence electrons. The summed E-state index contributed by atoms with van der Waals surface area (Å²) in [7, 11) is 0.112. The number of nitrogens with one attached hydrogen (secondary N) is 2. The molecule has 3 N–H and O–H groups in total. The molecule has 0 saturated carbocycles. The number of aromatic nitrogens is 1. The highest BCUT2D eigenvalue weighted by molar-refractivity contribution is 7.90. The topological polar surface area (TPSA) is 121 Å². The first kappa shape index (κ1) is 27.4. The van der Waals surface area contributed by atoms with Crippen molar-refractivity contribution in [1.29, 1.82) is 0 Å². The van der Waals surface area contributed by atoms with E-state index in [2.05, 4.69) is 15.5 Å². The van der Waals surface area contributed by atoms with E-state index in [0.717, 1.165) is 27.2 Å². The maximum atomic E-state index is 13.3. The molecule has 2 amide bonds. The Balaban J connectivity index is 1.50. The number of hydrogen-bond donors (Lipinski definition) is 3. The van der Waals surface area contributed by atoms with Gasteiger partial charge in [0.15, 0.2) is 0 Å². The lowest BCUT2D eigenvalue weighted by Gasteiger charge is -2.12. The Kier molecular flexibility index (Phi) is 8.28. The summed E-state index contributed by atoms with van der Waals surface area (Å²) in [6.45, 7) is 0.773. The Morgan fingerprint density at radius 2 is 1.56 bits per heavy atom. The fourth-order valence-electron chi connectivity index (χ4n) is 3.98. The van der Waals surface area contributed by atoms with Gasteiger partial charge < -0.3 is 15.3 Å². The molecule has 0 atom stereocenters. The molecule has 0 unspecified atom stereocenters. The quantitative estimate of drug-likeness (QED) is 0.249. The van der Waals surface area contributed by atoms with Crippen LogP contribution in [0.4, 0.5) is 16.2 Å². The second kappa shape index (κ2) is 11.8. The zero-order valence-corrected chi connectivity index (χ0v) is 22.2. The van der Waals surface area contributed by atoms with E-state index in [-0.39, 0.29) is 10.6 Å². The van der Waals surface area contributed by atoms with Crippen molar-refractivity contribution in [3.05, 3.63) is 108 Å². The predicted octanol–water partition coefficient (Wildman–Crippen LogP) is 5.20. The van der Waals surface area contributed by atoms with Crippen molar-refractivity contribution in [2.75, 3.05) is 24.7 Å². The number of carboxylic acid groups (broad SMARTS) is 1. The fraction of sp³-hybridized carbons (Fsp3) is 0.103. The Labute approximate surface area is 227 Å². The molecule has 10 heteroatoms. The normalized spacial score (nSPS) is 11.6. The molecule has 0 spiro atoms. The highest BCUT2D eigenvalue weighted by atomic mass is 32.2. The molecule has 4 rings (SSSR count). The molecule has 0 aliphatic carbocycles. The van der Waals surface area contributed by atoms with E-state index in [1.165, 1.54) is 30.6 Å². The van der Waals surface area contributed by atoms with Gasteiger partial charge in [-0.15, -0.1) is 0 Å². The summed E-state index contributed by atoms with van der Waals surface area (Å²) in [5.41, 5.74) is 3.86. The van der Waals surface area contributed by atoms with Crippen LogP contribution in [0.25, 0.3) is 17.2 Å². The molecule has 3 aromatic carbocycles. The summed E-state index contributed by atoms with van der Waals surface area (Å²) in [6.07, 6.45) is 4.30. The largest absolute Gasteiger partial charge is 0.465 e. The maximum Gasteiger partial charge on any atom is 0.409 e. The van der Waals surface area contributed by atoms with Crippen molar-refractivity contribution in [3.63, 3.8) is 0 Å². The van der Waals surface area contributed by atoms with Crippen LogP contribution in [-0.4, -0.2) is 48.5 Å². The maximum absolute atomic E-state index is 13.3. The van der Waals surface area contributed by atoms with Gasteiger partial charge in [0.25, 0.3) is 10.0 Å². The van der Waals surface area contributed by atoms with Crippen molar-refractivity contribution >= 4 is 39.5 Å². The average Bonchev–Trinajstić information content (AvgIpc) is 3.38. The second-order valence-electron chi connectivity index (χ2n) is 9.04. The zero-order chi connectivity index (χ0) is 28.0. The standard InChI is InChI=1S/C29H28N4O5S/c1-32(2)19-22-7-5-8-23(17-22)24-9-6-10-25(18-24)39(37,38)33-16-15-21(20-33)13-14-28(34)30-26-11-3-4-12-27(26)31-29(35)36/h3-18,20,31H,19H2,1-2H3,(H,30,34)(H,35,36)/b14-13+. The van der Waals surface area contributed by atoms with Crippen molar-refractivity contribution in [1.82, 2.24) is 8.87 Å². The highest BCUT2D eigenvalue weighted by Crippen LogP contribution is 2.26. The number of anilines is 2. The Morgan fingerprint density at radius 1 is 0.897 bits per heavy atom. The molecule has 39 heavy (non-hydrogen) atoms. The van der Waals surface area contributed by atoms with Crippen LogP contribution < -0.4 is 10.6 Å². The molecule has 0 radical (unpaired) electrons. The number of para-hydroxylation sites is 2. The van der Waals surface area contributed by atoms with Crippen LogP contribution >= 0.6 is 0 Å². The van der Waals surface area contributed by atoms with Crippen LogP contribution in [0, 0.1) is 0 Å². The highest BCUT2D eigenvalue weighted by Gasteiger charge is 2.17. The van der Waals surface area contributed by atoms with Crippen LogP contribution in [0.3, 0.4) is 0 Å². The van der Waals surface area contributed by atoms with Gasteiger partial charge in [0.2, 0.25) is 5.91 Å². The van der Waals surface area contributed by atoms with Gasteiger partial charge in [0.05, 0.1) is 16.3 Å². The Morgan fingerprint density at radius 3 is 2.26 bits per heavy atom. The fourth-order valence-corrected chi connectivity index (χ4v) is 5.23. The first-order chi connectivity index (χ1) is 18.6. The number of rotatable bonds is 9. The van der Waals surface area contributed by atoms with E-state index in [1.807, 2.05) is 44.4 Å². The van der Waals surface area contributed by atoms with E-state index < -0.39 is 22.0 Å². The number of hydrogen-bond acceptors (Lipinski definition) is 5. The number of amides is 2. The molecule has 9 nitrogen and oxygen atoms in total. The minimum atomic E-state index is -3.87. The lowest BCUT2D eigenvalue weighted by molar-refractivity contribution is -0.111. The van der Waals surface area contributed by atoms with E-state index >= 15 is 0 Å². The monoisotopic (exact) mass is 544 g/mol. The molecule has 1 aromatic heterocycles. The number of carbonyl (C=O) groups is 2. The number of nitrogens with zero attached hydrogens (tertiary/aromatic N) is 2. The van der Waals surface area contributed by atoms with Crippen LogP contribution in [0.2, 0.25) is 0 Å². The van der Waals surface area contributed by atoms with Gasteiger partial charge in [-0.3, -0.25) is 10.1 Å². The van der Waals surface area contributed by atoms with Gasteiger partial charge in [-0.1, -0.05) is 42.5 Å². The van der Waals surface area contributed by atoms with Gasteiger partial charge in [0, 0.05) is 25.0 Å². The number of benzene rings is 3. The van der Waals surface area contributed by atoms with Gasteiger partial charge in [-0.2, -0.15) is 0 Å². The van der Waals surface area contributed by atoms with E-state index in [0.29, 0.717) is 11.3 Å². The smallest absolute Gasteiger partial charge is 0.409 e. The summed E-state index contributed by atoms with van der Waals surface area (Å²) >= 11 is 0. The third kappa shape index (κ3) is 7.01. The summed E-state index contributed by atoms with van der Waals surface area (Å²) in [6, 6.07) is 22.7. The molecule has 4 aromatic rings. The first-order valence-electron chi connectivity index (χ1n) is 12.0. The molecular weight excluding hydrogens is 516 g/mol. The third-order valence-corrected chi connectivity index (χ3v) is 7.34. The molecule has 0 bridgehead atoms. The van der Waals surface area contributed by atoms with Crippen LogP contribution in [0.1, 0.15) is 11.1 Å². The molecular formula is C29H28N4O5S. The molecule has 0 aliphatic rings. The SMILES string of the molecule is CN(C)Cc1cccc(-c2cccc(S(=O)(=O)n3ccc(/C=C/C(=O)Nc4ccccc4NC(=O)O)c3)c2)c1. The summed E-state index contributed by atoms with van der Waals surface area (Å²) in [4.78, 5) is 25.6. The average molecular weight is 545 g/mol. The van der Waals surface area contributed by atoms with Crippen molar-refractivity contribution in [2.24, 2.45) is 0 Å². The summed E-state index contributed by atoms with van der Waals surface area (Å²) in [5.74, 6) is -0.505. The predicted molar refractivity (Wildman–Crippen MR) is 152 cm³/mol. The second-order valence-corrected chi connectivity index (χ2v) is 10.9. The van der Waals surface area contributed by atoms with Crippen molar-refractivity contribution < 1.29 is 23.1 Å². The minimum absolute atomic E-state index is 0.143. The Bertz CT molecular complexity index is 1640. The van der Waals surface area contributed by atoms with Crippen LogP contribution in [0.5, 0.6) is 0 Å². The van der Waals surface area contributed by atoms with E-state index in [9.17, 15) is 18.0 Å². The lowest BCUT2D eigenvalue weighted by atomic mass is 10.0. The summed E-state index contributed by atoms with van der Waals surface area (Å²) < 4.78 is 27.8. The first-order valence-corrected chi connectivity index (χ1v) is 13.4. The molecule has 0 saturated heterocycles. The van der Waals surface area contributed by atoms with Gasteiger partial charge in [0.1, 0.15) is 0 Å². The lowest BCUT2D eigenvalue weighted by Crippen LogP contribution is -2.13.